The topological polar surface area (TPSA) is 69.4 Å². The zero-order chi connectivity index (χ0) is 12.8. The fourth-order valence-electron chi connectivity index (χ4n) is 1.31. The molecule has 92 valence electrons. The number of Topliss-reactive ketones (excluding diaryl/α,β-unsaturated/α-hetero) is 1. The molecule has 1 rings (SSSR count). The lowest BCUT2D eigenvalue weighted by Crippen LogP contribution is -2.35. The Kier molecular flexibility index (Phi) is 5.25. The molecule has 0 saturated heterocycles. The summed E-state index contributed by atoms with van der Waals surface area (Å²) in [5.41, 5.74) is 5.71. The van der Waals surface area contributed by atoms with Gasteiger partial charge in [0.1, 0.15) is 0 Å². The zero-order valence-electron chi connectivity index (χ0n) is 8.81. The number of hydrogen-bond donors (Lipinski definition) is 1. The molecule has 0 spiro atoms. The Labute approximate surface area is 109 Å². The van der Waals surface area contributed by atoms with Gasteiger partial charge in [-0.25, -0.2) is 4.79 Å². The van der Waals surface area contributed by atoms with E-state index in [1.54, 1.807) is 24.3 Å². The largest absolute Gasteiger partial charge is 0.438 e. The maximum absolute atomic E-state index is 11.6. The summed E-state index contributed by atoms with van der Waals surface area (Å²) >= 11 is 10.9. The number of ketones is 1. The van der Waals surface area contributed by atoms with Gasteiger partial charge in [-0.15, -0.1) is 0 Å². The van der Waals surface area contributed by atoms with Crippen molar-refractivity contribution in [2.45, 2.75) is 17.4 Å². The molecule has 0 aromatic heterocycles. The molecule has 17 heavy (non-hydrogen) atoms. The molecule has 0 unspecified atom stereocenters. The molecule has 1 atom stereocenters. The number of amides is 1. The molecule has 0 heterocycles. The minimum absolute atomic E-state index is 0.193. The standard InChI is InChI=1S/C11H11Cl2NO3/c12-10(13)9(15)8(17-11(14)16)6-7-4-2-1-3-5-7/h1-5,8,10H,6H2,(H2,14,16)/t8-/m1/s1. The van der Waals surface area contributed by atoms with Crippen molar-refractivity contribution in [3.8, 4) is 0 Å². The van der Waals surface area contributed by atoms with Crippen LogP contribution < -0.4 is 5.73 Å². The third-order valence-electron chi connectivity index (χ3n) is 2.05. The SMILES string of the molecule is NC(=O)O[C@H](Cc1ccccc1)C(=O)C(Cl)Cl. The second-order valence-corrected chi connectivity index (χ2v) is 4.41. The molecule has 0 saturated carbocycles. The van der Waals surface area contributed by atoms with Gasteiger partial charge in [0.2, 0.25) is 5.78 Å². The molecule has 0 aliphatic carbocycles. The van der Waals surface area contributed by atoms with Crippen LogP contribution in [0, 0.1) is 0 Å². The van der Waals surface area contributed by atoms with Crippen LogP contribution in [-0.2, 0) is 16.0 Å². The van der Waals surface area contributed by atoms with Gasteiger partial charge in [-0.1, -0.05) is 53.5 Å². The highest BCUT2D eigenvalue weighted by atomic mass is 35.5. The Bertz CT molecular complexity index is 395. The first kappa shape index (κ1) is 13.8. The maximum Gasteiger partial charge on any atom is 0.405 e. The average molecular weight is 276 g/mol. The number of primary amides is 1. The van der Waals surface area contributed by atoms with Gasteiger partial charge in [-0.3, -0.25) is 4.79 Å². The molecule has 0 bridgehead atoms. The summed E-state index contributed by atoms with van der Waals surface area (Å²) in [7, 11) is 0. The van der Waals surface area contributed by atoms with E-state index in [1.165, 1.54) is 0 Å². The van der Waals surface area contributed by atoms with Gasteiger partial charge >= 0.3 is 6.09 Å². The molecule has 6 heteroatoms. The van der Waals surface area contributed by atoms with E-state index in [0.29, 0.717) is 0 Å². The van der Waals surface area contributed by atoms with Crippen LogP contribution in [0.25, 0.3) is 0 Å². The normalized spacial score (nSPS) is 12.2. The molecule has 0 radical (unpaired) electrons. The van der Waals surface area contributed by atoms with E-state index >= 15 is 0 Å². The second-order valence-electron chi connectivity index (χ2n) is 3.32. The number of benzene rings is 1. The van der Waals surface area contributed by atoms with E-state index in [4.69, 9.17) is 33.7 Å². The fraction of sp³-hybridized carbons (Fsp3) is 0.273. The lowest BCUT2D eigenvalue weighted by Gasteiger charge is -2.15. The Morgan fingerprint density at radius 3 is 2.29 bits per heavy atom. The Hall–Kier alpha value is -1.26. The Morgan fingerprint density at radius 2 is 1.82 bits per heavy atom. The molecule has 1 aromatic carbocycles. The van der Waals surface area contributed by atoms with Gasteiger partial charge in [0.25, 0.3) is 0 Å². The molecule has 0 fully saturated rings. The van der Waals surface area contributed by atoms with Crippen molar-refractivity contribution in [2.24, 2.45) is 5.73 Å². The predicted molar refractivity (Wildman–Crippen MR) is 65.1 cm³/mol. The van der Waals surface area contributed by atoms with Crippen molar-refractivity contribution in [3.05, 3.63) is 35.9 Å². The quantitative estimate of drug-likeness (QED) is 0.837. The number of alkyl halides is 2. The second kappa shape index (κ2) is 6.47. The van der Waals surface area contributed by atoms with Crippen LogP contribution >= 0.6 is 23.2 Å². The summed E-state index contributed by atoms with van der Waals surface area (Å²) in [4.78, 5) is 21.0. The van der Waals surface area contributed by atoms with Crippen LogP contribution in [0.2, 0.25) is 0 Å². The third-order valence-corrected chi connectivity index (χ3v) is 2.48. The van der Waals surface area contributed by atoms with Crippen LogP contribution in [-0.4, -0.2) is 22.8 Å². The van der Waals surface area contributed by atoms with Crippen molar-refractivity contribution in [2.75, 3.05) is 0 Å². The van der Waals surface area contributed by atoms with Crippen LogP contribution in [0.3, 0.4) is 0 Å². The molecule has 0 aliphatic rings. The van der Waals surface area contributed by atoms with E-state index in [2.05, 4.69) is 0 Å². The molecule has 1 amide bonds. The first-order chi connectivity index (χ1) is 8.00. The summed E-state index contributed by atoms with van der Waals surface area (Å²) in [6, 6.07) is 9.03. The summed E-state index contributed by atoms with van der Waals surface area (Å²) < 4.78 is 4.70. The van der Waals surface area contributed by atoms with Crippen LogP contribution in [0.1, 0.15) is 5.56 Å². The number of halogens is 2. The van der Waals surface area contributed by atoms with Crippen molar-refractivity contribution < 1.29 is 14.3 Å². The molecule has 4 nitrogen and oxygen atoms in total. The highest BCUT2D eigenvalue weighted by Gasteiger charge is 2.27. The van der Waals surface area contributed by atoms with Gasteiger partial charge < -0.3 is 10.5 Å². The molecule has 2 N–H and O–H groups in total. The summed E-state index contributed by atoms with van der Waals surface area (Å²) in [5.74, 6) is -0.587. The van der Waals surface area contributed by atoms with E-state index in [-0.39, 0.29) is 6.42 Å². The number of rotatable bonds is 5. The number of carbonyl (C=O) groups is 2. The van der Waals surface area contributed by atoms with Crippen molar-refractivity contribution in [3.63, 3.8) is 0 Å². The first-order valence-electron chi connectivity index (χ1n) is 4.82. The van der Waals surface area contributed by atoms with Crippen LogP contribution in [0.4, 0.5) is 4.79 Å². The zero-order valence-corrected chi connectivity index (χ0v) is 10.3. The lowest BCUT2D eigenvalue weighted by atomic mass is 10.1. The highest BCUT2D eigenvalue weighted by Crippen LogP contribution is 2.13. The van der Waals surface area contributed by atoms with E-state index in [1.807, 2.05) is 6.07 Å². The number of carbonyl (C=O) groups excluding carboxylic acids is 2. The smallest absolute Gasteiger partial charge is 0.405 e. The lowest BCUT2D eigenvalue weighted by molar-refractivity contribution is -0.125. The van der Waals surface area contributed by atoms with Gasteiger partial charge in [-0.2, -0.15) is 0 Å². The van der Waals surface area contributed by atoms with E-state index < -0.39 is 22.8 Å². The van der Waals surface area contributed by atoms with Gasteiger partial charge in [0, 0.05) is 6.42 Å². The maximum atomic E-state index is 11.6. The van der Waals surface area contributed by atoms with Gasteiger partial charge in [0.05, 0.1) is 0 Å². The monoisotopic (exact) mass is 275 g/mol. The predicted octanol–water partition coefficient (Wildman–Crippen LogP) is 2.07. The van der Waals surface area contributed by atoms with Crippen molar-refractivity contribution >= 4 is 35.1 Å². The van der Waals surface area contributed by atoms with Crippen molar-refractivity contribution in [1.82, 2.24) is 0 Å². The first-order valence-corrected chi connectivity index (χ1v) is 5.70. The number of ether oxygens (including phenoxy) is 1. The third kappa shape index (κ3) is 4.63. The summed E-state index contributed by atoms with van der Waals surface area (Å²) in [6.45, 7) is 0. The summed E-state index contributed by atoms with van der Waals surface area (Å²) in [5, 5.41) is 0. The van der Waals surface area contributed by atoms with Gasteiger partial charge in [-0.05, 0) is 5.56 Å². The number of hydrogen-bond acceptors (Lipinski definition) is 3. The van der Waals surface area contributed by atoms with E-state index in [0.717, 1.165) is 5.56 Å². The van der Waals surface area contributed by atoms with Crippen molar-refractivity contribution in [1.29, 1.82) is 0 Å². The van der Waals surface area contributed by atoms with Gasteiger partial charge in [0.15, 0.2) is 10.9 Å². The van der Waals surface area contributed by atoms with Crippen LogP contribution in [0.15, 0.2) is 30.3 Å². The summed E-state index contributed by atoms with van der Waals surface area (Å²) in [6.07, 6.45) is -1.90. The Balaban J connectivity index is 2.77. The molecule has 1 aromatic rings. The highest BCUT2D eigenvalue weighted by molar-refractivity contribution is 6.54. The van der Waals surface area contributed by atoms with Crippen LogP contribution in [0.5, 0.6) is 0 Å². The minimum atomic E-state index is -1.25. The molecule has 0 aliphatic heterocycles. The average Bonchev–Trinajstić information content (AvgIpc) is 2.28. The number of nitrogens with two attached hydrogens (primary N) is 1. The fourth-order valence-corrected chi connectivity index (χ4v) is 1.59. The Morgan fingerprint density at radius 1 is 1.24 bits per heavy atom. The molecular weight excluding hydrogens is 265 g/mol. The minimum Gasteiger partial charge on any atom is -0.438 e. The molecular formula is C11H11Cl2NO3. The van der Waals surface area contributed by atoms with E-state index in [9.17, 15) is 9.59 Å².